The van der Waals surface area contributed by atoms with Crippen molar-refractivity contribution in [2.45, 2.75) is 53.2 Å². The van der Waals surface area contributed by atoms with E-state index < -0.39 is 0 Å². The van der Waals surface area contributed by atoms with Crippen molar-refractivity contribution in [1.82, 2.24) is 0 Å². The number of halogens is 1. The van der Waals surface area contributed by atoms with Crippen LogP contribution in [0.4, 0.5) is 0 Å². The third kappa shape index (κ3) is 6.29. The Hall–Kier alpha value is -0.705. The zero-order chi connectivity index (χ0) is 15.8. The minimum absolute atomic E-state index is 0.0916. The van der Waals surface area contributed by atoms with E-state index in [4.69, 9.17) is 25.6 Å². The van der Waals surface area contributed by atoms with Crippen molar-refractivity contribution in [3.05, 3.63) is 23.8 Å². The van der Waals surface area contributed by atoms with Gasteiger partial charge in [-0.3, -0.25) is 0 Å². The van der Waals surface area contributed by atoms with Crippen LogP contribution in [0.1, 0.15) is 39.7 Å². The molecule has 0 aliphatic carbocycles. The van der Waals surface area contributed by atoms with Gasteiger partial charge in [-0.05, 0) is 58.1 Å². The minimum Gasteiger partial charge on any atom is -0.493 e. The molecule has 3 nitrogen and oxygen atoms in total. The van der Waals surface area contributed by atoms with Crippen LogP contribution in [-0.4, -0.2) is 31.8 Å². The molecule has 0 saturated heterocycles. The normalized spacial score (nSPS) is 11.2. The van der Waals surface area contributed by atoms with Crippen LogP contribution in [0.2, 0.25) is 0 Å². The van der Waals surface area contributed by atoms with Gasteiger partial charge in [-0.25, -0.2) is 0 Å². The molecule has 0 heterocycles. The summed E-state index contributed by atoms with van der Waals surface area (Å²) in [5.74, 6) is 1.47. The number of benzene rings is 1. The average molecular weight is 313 g/mol. The summed E-state index contributed by atoms with van der Waals surface area (Å²) in [7, 11) is -0.374. The van der Waals surface area contributed by atoms with Gasteiger partial charge in [0.1, 0.15) is 5.75 Å². The van der Waals surface area contributed by atoms with E-state index in [0.717, 1.165) is 23.2 Å². The molecule has 0 atom stereocenters. The number of rotatable bonds is 9. The SMILES string of the molecule is Cc1c(OCCCCl)cccc1B(OC(C)C)OC(C)C. The molecule has 0 unspecified atom stereocenters. The van der Waals surface area contributed by atoms with Crippen molar-refractivity contribution in [2.24, 2.45) is 0 Å². The van der Waals surface area contributed by atoms with Crippen LogP contribution in [-0.2, 0) is 9.31 Å². The smallest absolute Gasteiger partial charge is 0.493 e. The lowest BCUT2D eigenvalue weighted by Gasteiger charge is -2.22. The second-order valence-electron chi connectivity index (χ2n) is 5.56. The molecule has 0 aromatic heterocycles. The van der Waals surface area contributed by atoms with E-state index in [1.807, 2.05) is 52.8 Å². The van der Waals surface area contributed by atoms with Gasteiger partial charge in [-0.1, -0.05) is 12.1 Å². The first kappa shape index (κ1) is 18.3. The Kier molecular flexibility index (Phi) is 8.16. The fourth-order valence-electron chi connectivity index (χ4n) is 1.95. The average Bonchev–Trinajstić information content (AvgIpc) is 2.39. The summed E-state index contributed by atoms with van der Waals surface area (Å²) in [5, 5.41) is 0. The highest BCUT2D eigenvalue weighted by molar-refractivity contribution is 6.62. The number of hydrogen-bond donors (Lipinski definition) is 0. The first-order valence-electron chi connectivity index (χ1n) is 7.54. The Bertz CT molecular complexity index is 414. The molecule has 0 N–H and O–H groups in total. The Morgan fingerprint density at radius 1 is 1.10 bits per heavy atom. The topological polar surface area (TPSA) is 27.7 Å². The Labute approximate surface area is 134 Å². The number of alkyl halides is 1. The molecule has 21 heavy (non-hydrogen) atoms. The van der Waals surface area contributed by atoms with Crippen LogP contribution in [0.15, 0.2) is 18.2 Å². The van der Waals surface area contributed by atoms with Crippen molar-refractivity contribution in [3.8, 4) is 5.75 Å². The lowest BCUT2D eigenvalue weighted by molar-refractivity contribution is 0.139. The standard InChI is InChI=1S/C16H26BClO3/c1-12(2)20-17(21-13(3)4)15-8-6-9-16(14(15)5)19-11-7-10-18/h6,8-9,12-13H,7,10-11H2,1-5H3. The third-order valence-electron chi connectivity index (χ3n) is 2.91. The van der Waals surface area contributed by atoms with Crippen LogP contribution < -0.4 is 10.2 Å². The molecule has 0 aliphatic rings. The van der Waals surface area contributed by atoms with Gasteiger partial charge in [-0.2, -0.15) is 0 Å². The maximum absolute atomic E-state index is 5.91. The maximum Gasteiger partial charge on any atom is 0.494 e. The van der Waals surface area contributed by atoms with E-state index >= 15 is 0 Å². The molecule has 0 fully saturated rings. The molecule has 118 valence electrons. The molecule has 1 rings (SSSR count). The summed E-state index contributed by atoms with van der Waals surface area (Å²) in [6.07, 6.45) is 1.02. The third-order valence-corrected chi connectivity index (χ3v) is 3.17. The highest BCUT2D eigenvalue weighted by Gasteiger charge is 2.27. The lowest BCUT2D eigenvalue weighted by Crippen LogP contribution is -2.42. The minimum atomic E-state index is -0.374. The fraction of sp³-hybridized carbons (Fsp3) is 0.625. The molecule has 5 heteroatoms. The molecular weight excluding hydrogens is 286 g/mol. The largest absolute Gasteiger partial charge is 0.494 e. The van der Waals surface area contributed by atoms with E-state index in [0.29, 0.717) is 12.5 Å². The van der Waals surface area contributed by atoms with E-state index in [-0.39, 0.29) is 19.3 Å². The fourth-order valence-corrected chi connectivity index (χ4v) is 2.06. The highest BCUT2D eigenvalue weighted by atomic mass is 35.5. The number of ether oxygens (including phenoxy) is 1. The summed E-state index contributed by atoms with van der Waals surface area (Å²) >= 11 is 5.68. The Morgan fingerprint density at radius 3 is 2.24 bits per heavy atom. The first-order chi connectivity index (χ1) is 9.95. The lowest BCUT2D eigenvalue weighted by atomic mass is 9.75. The van der Waals surface area contributed by atoms with E-state index in [9.17, 15) is 0 Å². The monoisotopic (exact) mass is 312 g/mol. The van der Waals surface area contributed by atoms with Gasteiger partial charge in [0, 0.05) is 18.1 Å². The van der Waals surface area contributed by atoms with Crippen molar-refractivity contribution in [2.75, 3.05) is 12.5 Å². The van der Waals surface area contributed by atoms with Crippen LogP contribution in [0.25, 0.3) is 0 Å². The van der Waals surface area contributed by atoms with Crippen molar-refractivity contribution >= 4 is 24.2 Å². The predicted molar refractivity (Wildman–Crippen MR) is 89.8 cm³/mol. The van der Waals surface area contributed by atoms with E-state index in [1.165, 1.54) is 0 Å². The second kappa shape index (κ2) is 9.34. The summed E-state index contributed by atoms with van der Waals surface area (Å²) in [6, 6.07) is 5.97. The predicted octanol–water partition coefficient (Wildman–Crippen LogP) is 3.55. The molecular formula is C16H26BClO3. The van der Waals surface area contributed by atoms with Gasteiger partial charge >= 0.3 is 7.12 Å². The molecule has 0 saturated carbocycles. The maximum atomic E-state index is 5.91. The molecule has 0 bridgehead atoms. The van der Waals surface area contributed by atoms with Gasteiger partial charge in [-0.15, -0.1) is 11.6 Å². The molecule has 0 spiro atoms. The van der Waals surface area contributed by atoms with Crippen molar-refractivity contribution in [1.29, 1.82) is 0 Å². The highest BCUT2D eigenvalue weighted by Crippen LogP contribution is 2.17. The van der Waals surface area contributed by atoms with Crippen LogP contribution in [0, 0.1) is 6.92 Å². The molecule has 0 aliphatic heterocycles. The van der Waals surface area contributed by atoms with Crippen LogP contribution >= 0.6 is 11.6 Å². The van der Waals surface area contributed by atoms with Gasteiger partial charge in [0.05, 0.1) is 6.61 Å². The zero-order valence-electron chi connectivity index (χ0n) is 13.7. The summed E-state index contributed by atoms with van der Waals surface area (Å²) in [6.45, 7) is 10.7. The summed E-state index contributed by atoms with van der Waals surface area (Å²) < 4.78 is 17.6. The first-order valence-corrected chi connectivity index (χ1v) is 8.08. The Balaban J connectivity index is 2.93. The van der Waals surface area contributed by atoms with Gasteiger partial charge in [0.15, 0.2) is 0 Å². The molecule has 0 amide bonds. The molecule has 1 aromatic carbocycles. The second-order valence-corrected chi connectivity index (χ2v) is 5.94. The van der Waals surface area contributed by atoms with E-state index in [1.54, 1.807) is 0 Å². The van der Waals surface area contributed by atoms with Crippen molar-refractivity contribution in [3.63, 3.8) is 0 Å². The summed E-state index contributed by atoms with van der Waals surface area (Å²) in [5.41, 5.74) is 2.07. The van der Waals surface area contributed by atoms with Crippen LogP contribution in [0.5, 0.6) is 5.75 Å². The molecule has 1 aromatic rings. The summed E-state index contributed by atoms with van der Waals surface area (Å²) in [4.78, 5) is 0. The molecule has 0 radical (unpaired) electrons. The van der Waals surface area contributed by atoms with Gasteiger partial charge in [0.2, 0.25) is 0 Å². The zero-order valence-corrected chi connectivity index (χ0v) is 14.4. The quantitative estimate of drug-likeness (QED) is 0.396. The van der Waals surface area contributed by atoms with Crippen LogP contribution in [0.3, 0.4) is 0 Å². The van der Waals surface area contributed by atoms with Crippen molar-refractivity contribution < 1.29 is 14.0 Å². The van der Waals surface area contributed by atoms with Gasteiger partial charge in [0.25, 0.3) is 0 Å². The van der Waals surface area contributed by atoms with Gasteiger partial charge < -0.3 is 14.0 Å². The Morgan fingerprint density at radius 2 is 1.71 bits per heavy atom. The van der Waals surface area contributed by atoms with E-state index in [2.05, 4.69) is 0 Å². The number of hydrogen-bond acceptors (Lipinski definition) is 3.